The molecule has 2 nitrogen and oxygen atoms in total. The Bertz CT molecular complexity index is 310. The van der Waals surface area contributed by atoms with E-state index in [1.807, 2.05) is 12.1 Å². The number of nitrogens with zero attached hydrogens (tertiary/aromatic N) is 1. The van der Waals surface area contributed by atoms with E-state index in [0.717, 1.165) is 22.9 Å². The van der Waals surface area contributed by atoms with Crippen LogP contribution in [0, 0.1) is 5.92 Å². The van der Waals surface area contributed by atoms with Crippen LogP contribution < -0.4 is 4.74 Å². The maximum absolute atomic E-state index is 5.77. The second kappa shape index (κ2) is 5.50. The number of halogens is 1. The van der Waals surface area contributed by atoms with Gasteiger partial charge in [0.25, 0.3) is 0 Å². The van der Waals surface area contributed by atoms with E-state index in [4.69, 9.17) is 4.74 Å². The number of hydrogen-bond acceptors (Lipinski definition) is 2. The molecule has 15 heavy (non-hydrogen) atoms. The van der Waals surface area contributed by atoms with E-state index < -0.39 is 0 Å². The zero-order valence-corrected chi connectivity index (χ0v) is 10.4. The molecule has 0 unspecified atom stereocenters. The molecule has 1 fully saturated rings. The van der Waals surface area contributed by atoms with Gasteiger partial charge in [0.1, 0.15) is 4.60 Å². The molecule has 82 valence electrons. The van der Waals surface area contributed by atoms with Crippen LogP contribution in [0.1, 0.15) is 32.1 Å². The number of aromatic nitrogens is 1. The van der Waals surface area contributed by atoms with Gasteiger partial charge >= 0.3 is 0 Å². The summed E-state index contributed by atoms with van der Waals surface area (Å²) in [4.78, 5) is 4.13. The first kappa shape index (κ1) is 10.9. The van der Waals surface area contributed by atoms with Gasteiger partial charge in [0.05, 0.1) is 6.61 Å². The summed E-state index contributed by atoms with van der Waals surface area (Å²) in [6.45, 7) is 0.838. The van der Waals surface area contributed by atoms with E-state index in [0.29, 0.717) is 0 Å². The highest BCUT2D eigenvalue weighted by atomic mass is 79.9. The standard InChI is InChI=1S/C12H16BrNO/c13-12-11(7-4-8-14-12)15-9-10-5-2-1-3-6-10/h4,7-8,10H,1-3,5-6,9H2. The quantitative estimate of drug-likeness (QED) is 0.779. The highest BCUT2D eigenvalue weighted by Crippen LogP contribution is 2.26. The molecule has 0 aromatic carbocycles. The van der Waals surface area contributed by atoms with Gasteiger partial charge in [-0.2, -0.15) is 0 Å². The fourth-order valence-electron chi connectivity index (χ4n) is 2.04. The molecule has 0 saturated heterocycles. The van der Waals surface area contributed by atoms with E-state index >= 15 is 0 Å². The molecule has 2 rings (SSSR count). The molecule has 1 aliphatic rings. The zero-order chi connectivity index (χ0) is 10.5. The van der Waals surface area contributed by atoms with E-state index in [9.17, 15) is 0 Å². The fraction of sp³-hybridized carbons (Fsp3) is 0.583. The van der Waals surface area contributed by atoms with Crippen molar-refractivity contribution in [1.82, 2.24) is 4.98 Å². The Hall–Kier alpha value is -0.570. The molecule has 0 atom stereocenters. The van der Waals surface area contributed by atoms with Crippen LogP contribution in [0.25, 0.3) is 0 Å². The van der Waals surface area contributed by atoms with Crippen molar-refractivity contribution in [1.29, 1.82) is 0 Å². The molecule has 1 aromatic rings. The first-order valence-electron chi connectivity index (χ1n) is 5.59. The first-order valence-corrected chi connectivity index (χ1v) is 6.39. The molecule has 0 bridgehead atoms. The third-order valence-electron chi connectivity index (χ3n) is 2.92. The van der Waals surface area contributed by atoms with Crippen molar-refractivity contribution in [2.24, 2.45) is 5.92 Å². The molecule has 1 aliphatic carbocycles. The summed E-state index contributed by atoms with van der Waals surface area (Å²) < 4.78 is 6.57. The summed E-state index contributed by atoms with van der Waals surface area (Å²) in [5, 5.41) is 0. The topological polar surface area (TPSA) is 22.1 Å². The zero-order valence-electron chi connectivity index (χ0n) is 8.79. The molecule has 1 aromatic heterocycles. The van der Waals surface area contributed by atoms with Crippen LogP contribution in [0.2, 0.25) is 0 Å². The van der Waals surface area contributed by atoms with Gasteiger partial charge < -0.3 is 4.74 Å². The third-order valence-corrected chi connectivity index (χ3v) is 3.52. The Labute approximate surface area is 99.2 Å². The summed E-state index contributed by atoms with van der Waals surface area (Å²) in [7, 11) is 0. The minimum Gasteiger partial charge on any atom is -0.490 e. The normalized spacial score (nSPS) is 17.7. The number of ether oxygens (including phenoxy) is 1. The maximum Gasteiger partial charge on any atom is 0.152 e. The summed E-state index contributed by atoms with van der Waals surface area (Å²) in [5.74, 6) is 1.61. The van der Waals surface area contributed by atoms with Crippen molar-refractivity contribution in [3.8, 4) is 5.75 Å². The lowest BCUT2D eigenvalue weighted by Crippen LogP contribution is -2.15. The predicted molar refractivity (Wildman–Crippen MR) is 64.0 cm³/mol. The Morgan fingerprint density at radius 3 is 2.87 bits per heavy atom. The smallest absolute Gasteiger partial charge is 0.152 e. The SMILES string of the molecule is Brc1ncccc1OCC1CCCCC1. The van der Waals surface area contributed by atoms with Crippen LogP contribution in [0.4, 0.5) is 0 Å². The lowest BCUT2D eigenvalue weighted by Gasteiger charge is -2.21. The van der Waals surface area contributed by atoms with Crippen molar-refractivity contribution < 1.29 is 4.74 Å². The Kier molecular flexibility index (Phi) is 4.01. The van der Waals surface area contributed by atoms with Crippen molar-refractivity contribution in [3.05, 3.63) is 22.9 Å². The van der Waals surface area contributed by atoms with Crippen LogP contribution >= 0.6 is 15.9 Å². The molecular formula is C12H16BrNO. The van der Waals surface area contributed by atoms with E-state index in [1.54, 1.807) is 6.20 Å². The molecule has 0 aliphatic heterocycles. The summed E-state index contributed by atoms with van der Waals surface area (Å²) >= 11 is 3.39. The van der Waals surface area contributed by atoms with Gasteiger partial charge in [0, 0.05) is 6.20 Å². The maximum atomic E-state index is 5.77. The van der Waals surface area contributed by atoms with Crippen molar-refractivity contribution >= 4 is 15.9 Å². The van der Waals surface area contributed by atoms with E-state index in [2.05, 4.69) is 20.9 Å². The predicted octanol–water partition coefficient (Wildman–Crippen LogP) is 3.80. The second-order valence-corrected chi connectivity index (χ2v) is 4.86. The Morgan fingerprint density at radius 1 is 1.33 bits per heavy atom. The van der Waals surface area contributed by atoms with Gasteiger partial charge in [-0.1, -0.05) is 19.3 Å². The molecule has 3 heteroatoms. The van der Waals surface area contributed by atoms with Crippen LogP contribution in [0.3, 0.4) is 0 Å². The Balaban J connectivity index is 1.84. The summed E-state index contributed by atoms with van der Waals surface area (Å²) in [6, 6.07) is 3.86. The van der Waals surface area contributed by atoms with E-state index in [-0.39, 0.29) is 0 Å². The highest BCUT2D eigenvalue weighted by molar-refractivity contribution is 9.10. The average molecular weight is 270 g/mol. The molecule has 0 N–H and O–H groups in total. The van der Waals surface area contributed by atoms with Gasteiger partial charge in [-0.3, -0.25) is 0 Å². The summed E-state index contributed by atoms with van der Waals surface area (Å²) in [5.41, 5.74) is 0. The van der Waals surface area contributed by atoms with Gasteiger partial charge in [-0.05, 0) is 46.8 Å². The minimum atomic E-state index is 0.742. The minimum absolute atomic E-state index is 0.742. The molecule has 0 amide bonds. The summed E-state index contributed by atoms with van der Waals surface area (Å²) in [6.07, 6.45) is 8.52. The van der Waals surface area contributed by atoms with Crippen LogP contribution in [0.15, 0.2) is 22.9 Å². The van der Waals surface area contributed by atoms with Crippen molar-refractivity contribution in [3.63, 3.8) is 0 Å². The van der Waals surface area contributed by atoms with Gasteiger partial charge in [-0.15, -0.1) is 0 Å². The van der Waals surface area contributed by atoms with Crippen LogP contribution in [-0.4, -0.2) is 11.6 Å². The lowest BCUT2D eigenvalue weighted by molar-refractivity contribution is 0.207. The third kappa shape index (κ3) is 3.20. The van der Waals surface area contributed by atoms with Gasteiger partial charge in [0.15, 0.2) is 5.75 Å². The first-order chi connectivity index (χ1) is 7.36. The largest absolute Gasteiger partial charge is 0.490 e. The monoisotopic (exact) mass is 269 g/mol. The average Bonchev–Trinajstić information content (AvgIpc) is 2.29. The van der Waals surface area contributed by atoms with Crippen molar-refractivity contribution in [2.45, 2.75) is 32.1 Å². The second-order valence-electron chi connectivity index (χ2n) is 4.11. The molecule has 1 heterocycles. The number of rotatable bonds is 3. The molecule has 0 spiro atoms. The molecular weight excluding hydrogens is 254 g/mol. The van der Waals surface area contributed by atoms with Crippen LogP contribution in [0.5, 0.6) is 5.75 Å². The van der Waals surface area contributed by atoms with Gasteiger partial charge in [-0.25, -0.2) is 4.98 Å². The lowest BCUT2D eigenvalue weighted by atomic mass is 9.90. The highest BCUT2D eigenvalue weighted by Gasteiger charge is 2.14. The number of hydrogen-bond donors (Lipinski definition) is 0. The number of pyridine rings is 1. The molecule has 0 radical (unpaired) electrons. The fourth-order valence-corrected chi connectivity index (χ4v) is 2.41. The van der Waals surface area contributed by atoms with Gasteiger partial charge in [0.2, 0.25) is 0 Å². The Morgan fingerprint density at radius 2 is 2.13 bits per heavy atom. The van der Waals surface area contributed by atoms with Crippen molar-refractivity contribution in [2.75, 3.05) is 6.61 Å². The van der Waals surface area contributed by atoms with E-state index in [1.165, 1.54) is 32.1 Å². The van der Waals surface area contributed by atoms with Crippen LogP contribution in [-0.2, 0) is 0 Å². The molecule has 1 saturated carbocycles.